The molecule has 0 fully saturated rings. The molecule has 39 heavy (non-hydrogen) atoms. The summed E-state index contributed by atoms with van der Waals surface area (Å²) in [6, 6.07) is 21.7. The highest BCUT2D eigenvalue weighted by Gasteiger charge is 2.53. The van der Waals surface area contributed by atoms with E-state index in [0.29, 0.717) is 6.61 Å². The Hall–Kier alpha value is -2.66. The number of ether oxygens (including phenoxy) is 2. The Morgan fingerprint density at radius 1 is 0.846 bits per heavy atom. The molecule has 6 rings (SSSR count). The van der Waals surface area contributed by atoms with E-state index in [1.165, 1.54) is 46.2 Å². The molecule has 3 aliphatic rings. The molecule has 206 valence electrons. The van der Waals surface area contributed by atoms with Gasteiger partial charge in [-0.05, 0) is 86.3 Å². The normalized spacial score (nSPS) is 23.8. The van der Waals surface area contributed by atoms with Crippen LogP contribution in [0.5, 0.6) is 5.75 Å². The van der Waals surface area contributed by atoms with E-state index in [9.17, 15) is 0 Å². The summed E-state index contributed by atoms with van der Waals surface area (Å²) in [5, 5.41) is 0. The second-order valence-electron chi connectivity index (χ2n) is 12.8. The summed E-state index contributed by atoms with van der Waals surface area (Å²) < 4.78 is 13.9. The molecule has 2 aliphatic carbocycles. The molecule has 0 N–H and O–H groups in total. The van der Waals surface area contributed by atoms with Crippen molar-refractivity contribution in [2.75, 3.05) is 0 Å². The van der Waals surface area contributed by atoms with E-state index in [-0.39, 0.29) is 17.4 Å². The molecule has 0 saturated carbocycles. The van der Waals surface area contributed by atoms with Crippen molar-refractivity contribution in [3.8, 4) is 5.75 Å². The third-order valence-corrected chi connectivity index (χ3v) is 9.36. The monoisotopic (exact) mass is 526 g/mol. The van der Waals surface area contributed by atoms with Crippen LogP contribution in [0.3, 0.4) is 0 Å². The minimum Gasteiger partial charge on any atom is -0.461 e. The van der Waals surface area contributed by atoms with Gasteiger partial charge in [0.15, 0.2) is 5.60 Å². The molecule has 4 heteroatoms. The van der Waals surface area contributed by atoms with E-state index in [1.54, 1.807) is 0 Å². The van der Waals surface area contributed by atoms with Gasteiger partial charge in [0.05, 0.1) is 6.10 Å². The first kappa shape index (κ1) is 26.6. The zero-order chi connectivity index (χ0) is 27.2. The third-order valence-electron chi connectivity index (χ3n) is 9.36. The lowest BCUT2D eigenvalue weighted by molar-refractivity contribution is -0.423. The highest BCUT2D eigenvalue weighted by atomic mass is 17.2. The van der Waals surface area contributed by atoms with Crippen LogP contribution in [0.2, 0.25) is 0 Å². The number of aryl methyl sites for hydroxylation is 3. The number of fused-ring (bicyclic) bond motifs is 7. The Balaban J connectivity index is 1.38. The van der Waals surface area contributed by atoms with Gasteiger partial charge in [-0.25, -0.2) is 9.78 Å². The average molecular weight is 527 g/mol. The maximum absolute atomic E-state index is 7.03. The first-order chi connectivity index (χ1) is 18.7. The molecule has 0 radical (unpaired) electrons. The highest BCUT2D eigenvalue weighted by molar-refractivity contribution is 5.55. The SMILES string of the molecule is Cc1ccc(COO[C@](C)(C2Oc3ccc4c(c3[C@H]3c5ccccc5CCC3O2)CCCC4)C(C)(C)C)cc1. The van der Waals surface area contributed by atoms with Crippen LogP contribution in [0.4, 0.5) is 0 Å². The number of benzene rings is 3. The molecule has 0 saturated heterocycles. The summed E-state index contributed by atoms with van der Waals surface area (Å²) in [6.45, 7) is 11.0. The zero-order valence-corrected chi connectivity index (χ0v) is 24.1. The molecular formula is C35H42O4. The smallest absolute Gasteiger partial charge is 0.233 e. The molecule has 0 spiro atoms. The second kappa shape index (κ2) is 10.4. The lowest BCUT2D eigenvalue weighted by atomic mass is 9.73. The summed E-state index contributed by atoms with van der Waals surface area (Å²) in [7, 11) is 0. The molecule has 0 aromatic heterocycles. The van der Waals surface area contributed by atoms with Crippen molar-refractivity contribution in [1.29, 1.82) is 0 Å². The van der Waals surface area contributed by atoms with Gasteiger partial charge in [0.2, 0.25) is 6.29 Å². The molecule has 3 aromatic rings. The molecule has 0 amide bonds. The molecule has 3 aromatic carbocycles. The van der Waals surface area contributed by atoms with E-state index < -0.39 is 11.9 Å². The molecule has 2 unspecified atom stereocenters. The number of hydrogen-bond donors (Lipinski definition) is 0. The van der Waals surface area contributed by atoms with Gasteiger partial charge in [0, 0.05) is 16.9 Å². The Morgan fingerprint density at radius 2 is 1.62 bits per heavy atom. The molecule has 1 aliphatic heterocycles. The number of hydrogen-bond acceptors (Lipinski definition) is 4. The topological polar surface area (TPSA) is 36.9 Å². The lowest BCUT2D eigenvalue weighted by Gasteiger charge is -2.45. The van der Waals surface area contributed by atoms with Crippen LogP contribution in [0.1, 0.15) is 91.8 Å². The van der Waals surface area contributed by atoms with Gasteiger partial charge in [-0.2, -0.15) is 0 Å². The molecule has 0 bridgehead atoms. The summed E-state index contributed by atoms with van der Waals surface area (Å²) in [5.41, 5.74) is 8.20. The van der Waals surface area contributed by atoms with E-state index in [1.807, 2.05) is 0 Å². The Morgan fingerprint density at radius 3 is 2.41 bits per heavy atom. The predicted molar refractivity (Wildman–Crippen MR) is 154 cm³/mol. The molecular weight excluding hydrogens is 484 g/mol. The number of rotatable bonds is 5. The quantitative estimate of drug-likeness (QED) is 0.249. The minimum absolute atomic E-state index is 0.00181. The Labute approximate surface area is 233 Å². The fourth-order valence-corrected chi connectivity index (χ4v) is 6.46. The van der Waals surface area contributed by atoms with Gasteiger partial charge in [-0.15, -0.1) is 0 Å². The average Bonchev–Trinajstić information content (AvgIpc) is 3.11. The van der Waals surface area contributed by atoms with Gasteiger partial charge < -0.3 is 9.47 Å². The summed E-state index contributed by atoms with van der Waals surface area (Å²) in [6.07, 6.45) is 6.05. The van der Waals surface area contributed by atoms with Crippen molar-refractivity contribution >= 4 is 0 Å². The van der Waals surface area contributed by atoms with Gasteiger partial charge in [0.1, 0.15) is 12.4 Å². The molecule has 4 atom stereocenters. The fraction of sp³-hybridized carbons (Fsp3) is 0.486. The van der Waals surface area contributed by atoms with Gasteiger partial charge in [-0.1, -0.05) is 80.9 Å². The van der Waals surface area contributed by atoms with E-state index in [2.05, 4.69) is 95.3 Å². The van der Waals surface area contributed by atoms with Crippen LogP contribution >= 0.6 is 0 Å². The Bertz CT molecular complexity index is 1320. The van der Waals surface area contributed by atoms with Crippen LogP contribution in [0.15, 0.2) is 60.7 Å². The summed E-state index contributed by atoms with van der Waals surface area (Å²) in [5.74, 6) is 1.09. The largest absolute Gasteiger partial charge is 0.461 e. The van der Waals surface area contributed by atoms with Gasteiger partial charge in [0.25, 0.3) is 0 Å². The van der Waals surface area contributed by atoms with E-state index in [4.69, 9.17) is 19.2 Å². The first-order valence-corrected chi connectivity index (χ1v) is 14.7. The zero-order valence-electron chi connectivity index (χ0n) is 24.1. The van der Waals surface area contributed by atoms with Crippen LogP contribution in [-0.4, -0.2) is 18.0 Å². The van der Waals surface area contributed by atoms with Crippen molar-refractivity contribution in [3.63, 3.8) is 0 Å². The standard InChI is InChI=1S/C35H42O4/c1-23-14-16-24(17-15-23)22-36-39-35(5,34(2,3)4)33-37-29-20-18-25-10-6-8-12-27(25)31(29)32-28-13-9-7-11-26(28)19-21-30(32)38-33/h6,8,10,12,14-17,19,21,29,31,33H,7,9,11,13,18,20,22H2,1-5H3/t29?,31-,33?,35+/m0/s1. The maximum Gasteiger partial charge on any atom is 0.233 e. The van der Waals surface area contributed by atoms with Crippen LogP contribution in [0.25, 0.3) is 0 Å². The van der Waals surface area contributed by atoms with Crippen molar-refractivity contribution in [3.05, 3.63) is 99.6 Å². The first-order valence-electron chi connectivity index (χ1n) is 14.7. The fourth-order valence-electron chi connectivity index (χ4n) is 6.46. The third kappa shape index (κ3) is 4.92. The van der Waals surface area contributed by atoms with E-state index in [0.717, 1.165) is 37.0 Å². The van der Waals surface area contributed by atoms with Crippen molar-refractivity contribution in [1.82, 2.24) is 0 Å². The van der Waals surface area contributed by atoms with Crippen LogP contribution < -0.4 is 4.74 Å². The summed E-state index contributed by atoms with van der Waals surface area (Å²) in [4.78, 5) is 12.3. The maximum atomic E-state index is 7.03. The molecule has 4 nitrogen and oxygen atoms in total. The van der Waals surface area contributed by atoms with E-state index >= 15 is 0 Å². The van der Waals surface area contributed by atoms with Crippen molar-refractivity contribution < 1.29 is 19.2 Å². The minimum atomic E-state index is -0.864. The van der Waals surface area contributed by atoms with Crippen molar-refractivity contribution in [2.45, 2.75) is 104 Å². The van der Waals surface area contributed by atoms with Crippen LogP contribution in [-0.2, 0) is 40.4 Å². The molecule has 1 heterocycles. The predicted octanol–water partition coefficient (Wildman–Crippen LogP) is 8.01. The van der Waals surface area contributed by atoms with Crippen molar-refractivity contribution in [2.24, 2.45) is 5.41 Å². The Kier molecular flexibility index (Phi) is 7.07. The summed E-state index contributed by atoms with van der Waals surface area (Å²) >= 11 is 0. The second-order valence-corrected chi connectivity index (χ2v) is 12.8. The van der Waals surface area contributed by atoms with Crippen LogP contribution in [0, 0.1) is 12.3 Å². The highest BCUT2D eigenvalue weighted by Crippen LogP contribution is 2.50. The van der Waals surface area contributed by atoms with Gasteiger partial charge in [-0.3, -0.25) is 0 Å². The van der Waals surface area contributed by atoms with Gasteiger partial charge >= 0.3 is 0 Å². The lowest BCUT2D eigenvalue weighted by Crippen LogP contribution is -2.56.